The van der Waals surface area contributed by atoms with Crippen LogP contribution in [0.1, 0.15) is 16.1 Å². The number of rotatable bonds is 2. The Balaban J connectivity index is 1.58. The predicted octanol–water partition coefficient (Wildman–Crippen LogP) is 2.60. The molecule has 0 radical (unpaired) electrons. The van der Waals surface area contributed by atoms with E-state index in [9.17, 15) is 4.79 Å². The van der Waals surface area contributed by atoms with E-state index in [2.05, 4.69) is 16.1 Å². The van der Waals surface area contributed by atoms with Crippen LogP contribution in [0.2, 0.25) is 0 Å². The molecule has 23 heavy (non-hydrogen) atoms. The van der Waals surface area contributed by atoms with Crippen molar-refractivity contribution in [3.8, 4) is 11.3 Å². The van der Waals surface area contributed by atoms with Gasteiger partial charge < -0.3 is 4.90 Å². The molecule has 1 amide bonds. The molecule has 1 aromatic carbocycles. The molecule has 0 fully saturated rings. The third kappa shape index (κ3) is 2.61. The molecular weight excluding hydrogens is 288 g/mol. The smallest absolute Gasteiger partial charge is 0.254 e. The molecule has 0 bridgehead atoms. The minimum absolute atomic E-state index is 0.0727. The first-order valence-corrected chi connectivity index (χ1v) is 7.63. The number of fused-ring (bicyclic) bond motifs is 1. The Morgan fingerprint density at radius 2 is 1.78 bits per heavy atom. The summed E-state index contributed by atoms with van der Waals surface area (Å²) in [5, 5.41) is 4.64. The second-order valence-electron chi connectivity index (χ2n) is 5.57. The minimum atomic E-state index is 0.0727. The molecule has 4 rings (SSSR count). The Morgan fingerprint density at radius 3 is 2.57 bits per heavy atom. The van der Waals surface area contributed by atoms with Crippen molar-refractivity contribution < 1.29 is 4.79 Å². The largest absolute Gasteiger partial charge is 0.331 e. The lowest BCUT2D eigenvalue weighted by atomic mass is 10.1. The van der Waals surface area contributed by atoms with E-state index < -0.39 is 0 Å². The van der Waals surface area contributed by atoms with Crippen molar-refractivity contribution in [2.75, 3.05) is 6.54 Å². The van der Waals surface area contributed by atoms with Crippen molar-refractivity contribution >= 4 is 5.91 Å². The predicted molar refractivity (Wildman–Crippen MR) is 86.6 cm³/mol. The van der Waals surface area contributed by atoms with Crippen LogP contribution in [0.25, 0.3) is 11.3 Å². The summed E-state index contributed by atoms with van der Waals surface area (Å²) >= 11 is 0. The van der Waals surface area contributed by atoms with E-state index in [1.54, 1.807) is 12.4 Å². The van der Waals surface area contributed by atoms with Gasteiger partial charge in [-0.1, -0.05) is 18.2 Å². The Morgan fingerprint density at radius 1 is 1.00 bits per heavy atom. The summed E-state index contributed by atoms with van der Waals surface area (Å²) in [6, 6.07) is 15.4. The average Bonchev–Trinajstić information content (AvgIpc) is 3.06. The van der Waals surface area contributed by atoms with E-state index in [-0.39, 0.29) is 5.91 Å². The SMILES string of the molecule is O=C(c1ccccc1)N1CCn2nc(-c3ccncc3)cc2C1. The fraction of sp³-hybridized carbons (Fsp3) is 0.167. The summed E-state index contributed by atoms with van der Waals surface area (Å²) < 4.78 is 1.99. The third-order valence-corrected chi connectivity index (χ3v) is 4.08. The van der Waals surface area contributed by atoms with Crippen LogP contribution in [0.15, 0.2) is 60.9 Å². The maximum atomic E-state index is 12.6. The maximum Gasteiger partial charge on any atom is 0.254 e. The molecule has 0 saturated carbocycles. The Hall–Kier alpha value is -2.95. The first-order valence-electron chi connectivity index (χ1n) is 7.63. The van der Waals surface area contributed by atoms with Gasteiger partial charge in [-0.05, 0) is 30.3 Å². The highest BCUT2D eigenvalue weighted by Gasteiger charge is 2.23. The van der Waals surface area contributed by atoms with Crippen LogP contribution >= 0.6 is 0 Å². The van der Waals surface area contributed by atoms with Crippen LogP contribution in [0, 0.1) is 0 Å². The zero-order valence-electron chi connectivity index (χ0n) is 12.6. The Labute approximate surface area is 134 Å². The number of nitrogens with zero attached hydrogens (tertiary/aromatic N) is 4. The van der Waals surface area contributed by atoms with Crippen molar-refractivity contribution in [1.82, 2.24) is 19.7 Å². The molecular formula is C18H16N4O. The monoisotopic (exact) mass is 304 g/mol. The molecule has 0 unspecified atom stereocenters. The van der Waals surface area contributed by atoms with Crippen LogP contribution in [0.4, 0.5) is 0 Å². The van der Waals surface area contributed by atoms with Crippen molar-refractivity contribution in [3.05, 3.63) is 72.2 Å². The molecule has 5 heteroatoms. The van der Waals surface area contributed by atoms with Crippen molar-refractivity contribution in [1.29, 1.82) is 0 Å². The molecule has 3 aromatic rings. The number of hydrogen-bond donors (Lipinski definition) is 0. The molecule has 0 saturated heterocycles. The normalized spacial score (nSPS) is 13.7. The van der Waals surface area contributed by atoms with E-state index in [1.165, 1.54) is 0 Å². The fourth-order valence-electron chi connectivity index (χ4n) is 2.87. The highest BCUT2D eigenvalue weighted by Crippen LogP contribution is 2.22. The van der Waals surface area contributed by atoms with Gasteiger partial charge in [0, 0.05) is 30.1 Å². The summed E-state index contributed by atoms with van der Waals surface area (Å²) in [6.07, 6.45) is 3.53. The molecule has 5 nitrogen and oxygen atoms in total. The molecule has 0 atom stereocenters. The molecule has 0 aliphatic carbocycles. The van der Waals surface area contributed by atoms with Crippen LogP contribution < -0.4 is 0 Å². The molecule has 0 N–H and O–H groups in total. The van der Waals surface area contributed by atoms with Gasteiger partial charge in [-0.3, -0.25) is 14.5 Å². The number of amides is 1. The number of carbonyl (C=O) groups excluding carboxylic acids is 1. The quantitative estimate of drug-likeness (QED) is 0.731. The zero-order chi connectivity index (χ0) is 15.6. The van der Waals surface area contributed by atoms with Gasteiger partial charge in [-0.25, -0.2) is 0 Å². The lowest BCUT2D eigenvalue weighted by Crippen LogP contribution is -2.38. The summed E-state index contributed by atoms with van der Waals surface area (Å²) in [4.78, 5) is 18.5. The van der Waals surface area contributed by atoms with Crippen LogP contribution in [0.3, 0.4) is 0 Å². The van der Waals surface area contributed by atoms with E-state index in [0.29, 0.717) is 13.1 Å². The standard InChI is InChI=1S/C18H16N4O/c23-18(15-4-2-1-3-5-15)21-10-11-22-16(13-21)12-17(20-22)14-6-8-19-9-7-14/h1-9,12H,10-11,13H2. The fourth-order valence-corrected chi connectivity index (χ4v) is 2.87. The molecule has 1 aliphatic heterocycles. The van der Waals surface area contributed by atoms with E-state index in [1.807, 2.05) is 52.0 Å². The van der Waals surface area contributed by atoms with Gasteiger partial charge in [0.05, 0.1) is 24.5 Å². The summed E-state index contributed by atoms with van der Waals surface area (Å²) in [7, 11) is 0. The zero-order valence-corrected chi connectivity index (χ0v) is 12.6. The van der Waals surface area contributed by atoms with Gasteiger partial charge in [0.25, 0.3) is 5.91 Å². The highest BCUT2D eigenvalue weighted by atomic mass is 16.2. The molecule has 1 aliphatic rings. The first-order chi connectivity index (χ1) is 11.3. The van der Waals surface area contributed by atoms with Crippen LogP contribution in [0.5, 0.6) is 0 Å². The number of aromatic nitrogens is 3. The second kappa shape index (κ2) is 5.68. The van der Waals surface area contributed by atoms with Crippen molar-refractivity contribution in [3.63, 3.8) is 0 Å². The van der Waals surface area contributed by atoms with E-state index in [0.717, 1.165) is 29.1 Å². The Bertz CT molecular complexity index is 827. The average molecular weight is 304 g/mol. The second-order valence-corrected chi connectivity index (χ2v) is 5.57. The topological polar surface area (TPSA) is 51.0 Å². The van der Waals surface area contributed by atoms with Gasteiger partial charge in [0.2, 0.25) is 0 Å². The van der Waals surface area contributed by atoms with Crippen molar-refractivity contribution in [2.45, 2.75) is 13.1 Å². The van der Waals surface area contributed by atoms with Crippen molar-refractivity contribution in [2.24, 2.45) is 0 Å². The minimum Gasteiger partial charge on any atom is -0.331 e. The number of benzene rings is 1. The first kappa shape index (κ1) is 13.7. The van der Waals surface area contributed by atoms with Crippen LogP contribution in [-0.4, -0.2) is 32.1 Å². The lowest BCUT2D eigenvalue weighted by Gasteiger charge is -2.27. The third-order valence-electron chi connectivity index (χ3n) is 4.08. The lowest BCUT2D eigenvalue weighted by molar-refractivity contribution is 0.0706. The molecule has 2 aromatic heterocycles. The molecule has 0 spiro atoms. The summed E-state index contributed by atoms with van der Waals surface area (Å²) in [5.74, 6) is 0.0727. The van der Waals surface area contributed by atoms with Gasteiger partial charge in [0.15, 0.2) is 0 Å². The molecule has 3 heterocycles. The van der Waals surface area contributed by atoms with Gasteiger partial charge >= 0.3 is 0 Å². The van der Waals surface area contributed by atoms with Gasteiger partial charge in [-0.15, -0.1) is 0 Å². The maximum absolute atomic E-state index is 12.6. The number of carbonyl (C=O) groups is 1. The highest BCUT2D eigenvalue weighted by molar-refractivity contribution is 5.94. The van der Waals surface area contributed by atoms with Crippen LogP contribution in [-0.2, 0) is 13.1 Å². The number of hydrogen-bond acceptors (Lipinski definition) is 3. The van der Waals surface area contributed by atoms with E-state index >= 15 is 0 Å². The number of pyridine rings is 1. The van der Waals surface area contributed by atoms with E-state index in [4.69, 9.17) is 0 Å². The van der Waals surface area contributed by atoms with Gasteiger partial charge in [0.1, 0.15) is 0 Å². The Kier molecular flexibility index (Phi) is 3.38. The summed E-state index contributed by atoms with van der Waals surface area (Å²) in [5.41, 5.74) is 3.77. The molecule has 114 valence electrons. The summed E-state index contributed by atoms with van der Waals surface area (Å²) in [6.45, 7) is 1.99. The van der Waals surface area contributed by atoms with Gasteiger partial charge in [-0.2, -0.15) is 5.10 Å².